The fourth-order valence-electron chi connectivity index (χ4n) is 4.58. The number of H-pyrrole nitrogens is 1. The van der Waals surface area contributed by atoms with E-state index in [4.69, 9.17) is 42.6 Å². The molecule has 0 aliphatic rings. The maximum atomic E-state index is 13.4. The first-order valence-corrected chi connectivity index (χ1v) is 13.5. The van der Waals surface area contributed by atoms with Gasteiger partial charge in [-0.2, -0.15) is 10.2 Å². The molecule has 2 N–H and O–H groups in total. The number of nitrogens with zero attached hydrogens (tertiary/aromatic N) is 3. The van der Waals surface area contributed by atoms with Crippen molar-refractivity contribution in [3.63, 3.8) is 0 Å². The number of methoxy groups -OCH3 is 9. The van der Waals surface area contributed by atoms with Gasteiger partial charge in [0.2, 0.25) is 17.2 Å². The molecule has 0 saturated carbocycles. The SMILES string of the molecule is COc1cc(N/N=C(\c2cc(OC)c(OC)c(OC)c2)c2nc(-c3cc(OC)c(OC)c(OC)c3)n[nH]c2=O)cc(OC)c1OC. The van der Waals surface area contributed by atoms with Crippen molar-refractivity contribution >= 4 is 11.4 Å². The van der Waals surface area contributed by atoms with Gasteiger partial charge in [-0.25, -0.2) is 10.1 Å². The minimum absolute atomic E-state index is 0.0898. The van der Waals surface area contributed by atoms with Crippen LogP contribution in [0.15, 0.2) is 46.3 Å². The molecule has 0 radical (unpaired) electrons. The van der Waals surface area contributed by atoms with Crippen LogP contribution < -0.4 is 53.6 Å². The number of rotatable bonds is 14. The number of hydrogen-bond acceptors (Lipinski definition) is 14. The molecule has 0 aliphatic carbocycles. The van der Waals surface area contributed by atoms with Crippen LogP contribution in [0.3, 0.4) is 0 Å². The molecule has 1 heterocycles. The molecule has 0 saturated heterocycles. The summed E-state index contributed by atoms with van der Waals surface area (Å²) >= 11 is 0. The highest BCUT2D eigenvalue weighted by atomic mass is 16.5. The molecule has 15 heteroatoms. The summed E-state index contributed by atoms with van der Waals surface area (Å²) in [5.74, 6) is 3.44. The average Bonchev–Trinajstić information content (AvgIpc) is 3.10. The molecule has 244 valence electrons. The van der Waals surface area contributed by atoms with Crippen molar-refractivity contribution in [2.45, 2.75) is 0 Å². The first kappa shape index (κ1) is 33.0. The van der Waals surface area contributed by atoms with Crippen LogP contribution in [0.25, 0.3) is 11.4 Å². The monoisotopic (exact) mass is 637 g/mol. The molecule has 15 nitrogen and oxygen atoms in total. The van der Waals surface area contributed by atoms with E-state index in [-0.39, 0.29) is 17.2 Å². The van der Waals surface area contributed by atoms with Gasteiger partial charge in [0.1, 0.15) is 5.71 Å². The van der Waals surface area contributed by atoms with Crippen molar-refractivity contribution in [2.24, 2.45) is 5.10 Å². The van der Waals surface area contributed by atoms with Crippen LogP contribution in [-0.4, -0.2) is 84.9 Å². The minimum Gasteiger partial charge on any atom is -0.493 e. The number of aromatic nitrogens is 3. The van der Waals surface area contributed by atoms with Crippen molar-refractivity contribution in [1.82, 2.24) is 15.2 Å². The fraction of sp³-hybridized carbons (Fsp3) is 0.290. The van der Waals surface area contributed by atoms with Crippen LogP contribution in [0, 0.1) is 0 Å². The van der Waals surface area contributed by atoms with Crippen LogP contribution in [0.2, 0.25) is 0 Å². The number of benzene rings is 3. The van der Waals surface area contributed by atoms with Gasteiger partial charge in [0.15, 0.2) is 46.0 Å². The number of nitrogens with one attached hydrogen (secondary N) is 2. The second kappa shape index (κ2) is 14.7. The standard InChI is InChI=1S/C31H35N5O10/c1-38-19-10-16(11-20(39-2)27(19)44-7)25(34-33-18-14-23(42-5)29(46-9)24(15-18)43-6)26-31(37)36-35-30(32-26)17-12-21(40-3)28(45-8)22(13-17)41-4/h10-15,33H,1-9H3,(H,36,37)/b34-25+. The van der Waals surface area contributed by atoms with Gasteiger partial charge in [-0.1, -0.05) is 0 Å². The Balaban J connectivity index is 1.97. The van der Waals surface area contributed by atoms with Crippen molar-refractivity contribution in [1.29, 1.82) is 0 Å². The lowest BCUT2D eigenvalue weighted by atomic mass is 10.1. The first-order valence-electron chi connectivity index (χ1n) is 13.5. The van der Waals surface area contributed by atoms with Crippen LogP contribution in [0.1, 0.15) is 11.3 Å². The highest BCUT2D eigenvalue weighted by Gasteiger charge is 2.23. The zero-order chi connectivity index (χ0) is 33.4. The molecule has 0 aliphatic heterocycles. The number of aromatic amines is 1. The predicted octanol–water partition coefficient (Wildman–Crippen LogP) is 3.77. The Labute approximate surface area is 264 Å². The number of ether oxygens (including phenoxy) is 9. The topological polar surface area (TPSA) is 166 Å². The molecule has 3 aromatic carbocycles. The highest BCUT2D eigenvalue weighted by Crippen LogP contribution is 2.42. The Kier molecular flexibility index (Phi) is 10.6. The van der Waals surface area contributed by atoms with Crippen LogP contribution in [0.5, 0.6) is 51.7 Å². The van der Waals surface area contributed by atoms with Gasteiger partial charge in [-0.05, 0) is 24.3 Å². The van der Waals surface area contributed by atoms with Crippen molar-refractivity contribution < 1.29 is 42.6 Å². The van der Waals surface area contributed by atoms with Gasteiger partial charge in [0.05, 0.1) is 69.7 Å². The van der Waals surface area contributed by atoms with E-state index in [1.54, 1.807) is 36.4 Å². The van der Waals surface area contributed by atoms with E-state index >= 15 is 0 Å². The molecule has 4 aromatic rings. The van der Waals surface area contributed by atoms with E-state index in [1.807, 2.05) is 0 Å². The molecule has 0 fully saturated rings. The lowest BCUT2D eigenvalue weighted by molar-refractivity contribution is 0.324. The van der Waals surface area contributed by atoms with E-state index in [0.29, 0.717) is 68.6 Å². The number of hydrazone groups is 1. The summed E-state index contributed by atoms with van der Waals surface area (Å²) in [4.78, 5) is 18.0. The zero-order valence-corrected chi connectivity index (χ0v) is 26.9. The predicted molar refractivity (Wildman–Crippen MR) is 169 cm³/mol. The summed E-state index contributed by atoms with van der Waals surface area (Å²) in [6.45, 7) is 0. The van der Waals surface area contributed by atoms with Crippen LogP contribution >= 0.6 is 0 Å². The Hall–Kier alpha value is -5.86. The molecule has 0 atom stereocenters. The third-order valence-electron chi connectivity index (χ3n) is 6.74. The van der Waals surface area contributed by atoms with Gasteiger partial charge >= 0.3 is 0 Å². The van der Waals surface area contributed by atoms with Crippen LogP contribution in [-0.2, 0) is 0 Å². The first-order chi connectivity index (χ1) is 22.3. The third kappa shape index (κ3) is 6.47. The summed E-state index contributed by atoms with van der Waals surface area (Å²) in [5.41, 5.74) is 3.67. The summed E-state index contributed by atoms with van der Waals surface area (Å²) in [6, 6.07) is 9.90. The van der Waals surface area contributed by atoms with Gasteiger partial charge in [-0.15, -0.1) is 0 Å². The minimum atomic E-state index is -0.629. The Morgan fingerprint density at radius 3 is 1.43 bits per heavy atom. The molecular formula is C31H35N5O10. The van der Waals surface area contributed by atoms with Crippen LogP contribution in [0.4, 0.5) is 5.69 Å². The maximum Gasteiger partial charge on any atom is 0.292 e. The second-order valence-electron chi connectivity index (χ2n) is 9.15. The molecule has 4 rings (SSSR count). The molecule has 0 unspecified atom stereocenters. The largest absolute Gasteiger partial charge is 0.493 e. The quantitative estimate of drug-likeness (QED) is 0.152. The zero-order valence-electron chi connectivity index (χ0n) is 26.9. The summed E-state index contributed by atoms with van der Waals surface area (Å²) in [7, 11) is 13.4. The molecule has 1 aromatic heterocycles. The van der Waals surface area contributed by atoms with E-state index in [2.05, 4.69) is 25.7 Å². The fourth-order valence-corrected chi connectivity index (χ4v) is 4.58. The van der Waals surface area contributed by atoms with Crippen molar-refractivity contribution in [3.05, 3.63) is 58.0 Å². The lowest BCUT2D eigenvalue weighted by Gasteiger charge is -2.16. The summed E-state index contributed by atoms with van der Waals surface area (Å²) < 4.78 is 49.4. The molecule has 46 heavy (non-hydrogen) atoms. The Bertz CT molecular complexity index is 1720. The highest BCUT2D eigenvalue weighted by molar-refractivity contribution is 6.12. The van der Waals surface area contributed by atoms with E-state index in [9.17, 15) is 4.79 Å². The Morgan fingerprint density at radius 1 is 0.609 bits per heavy atom. The lowest BCUT2D eigenvalue weighted by Crippen LogP contribution is -2.24. The van der Waals surface area contributed by atoms with E-state index < -0.39 is 5.56 Å². The van der Waals surface area contributed by atoms with Crippen molar-refractivity contribution in [2.75, 3.05) is 69.4 Å². The molecular weight excluding hydrogens is 602 g/mol. The van der Waals surface area contributed by atoms with E-state index in [1.165, 1.54) is 64.0 Å². The van der Waals surface area contributed by atoms with Gasteiger partial charge in [-0.3, -0.25) is 10.2 Å². The number of hydrogen-bond donors (Lipinski definition) is 2. The second-order valence-corrected chi connectivity index (χ2v) is 9.15. The molecule has 0 amide bonds. The average molecular weight is 638 g/mol. The van der Waals surface area contributed by atoms with Gasteiger partial charge in [0.25, 0.3) is 5.56 Å². The molecule has 0 bridgehead atoms. The molecule has 0 spiro atoms. The third-order valence-corrected chi connectivity index (χ3v) is 6.74. The smallest absolute Gasteiger partial charge is 0.292 e. The Morgan fingerprint density at radius 2 is 1.02 bits per heavy atom. The van der Waals surface area contributed by atoms with Gasteiger partial charge in [0, 0.05) is 23.3 Å². The number of anilines is 1. The van der Waals surface area contributed by atoms with Crippen molar-refractivity contribution in [3.8, 4) is 63.1 Å². The summed E-state index contributed by atoms with van der Waals surface area (Å²) in [5, 5.41) is 11.3. The van der Waals surface area contributed by atoms with E-state index in [0.717, 1.165) is 0 Å². The summed E-state index contributed by atoms with van der Waals surface area (Å²) in [6.07, 6.45) is 0. The normalized spacial score (nSPS) is 10.9. The maximum absolute atomic E-state index is 13.4. The van der Waals surface area contributed by atoms with Gasteiger partial charge < -0.3 is 42.6 Å².